The van der Waals surface area contributed by atoms with Crippen LogP contribution in [0.4, 0.5) is 0 Å². The summed E-state index contributed by atoms with van der Waals surface area (Å²) in [6, 6.07) is 7.69. The van der Waals surface area contributed by atoms with Crippen LogP contribution in [0.3, 0.4) is 0 Å². The van der Waals surface area contributed by atoms with Gasteiger partial charge in [-0.25, -0.2) is 4.98 Å². The van der Waals surface area contributed by atoms with E-state index in [1.165, 1.54) is 0 Å². The lowest BCUT2D eigenvalue weighted by molar-refractivity contribution is 0.186. The van der Waals surface area contributed by atoms with Crippen LogP contribution in [-0.4, -0.2) is 39.8 Å². The molecule has 4 rings (SSSR count). The van der Waals surface area contributed by atoms with E-state index in [0.29, 0.717) is 49.2 Å². The van der Waals surface area contributed by atoms with E-state index in [1.807, 2.05) is 26.1 Å². The Morgan fingerprint density at radius 3 is 2.68 bits per heavy atom. The molecule has 0 aliphatic heterocycles. The van der Waals surface area contributed by atoms with Gasteiger partial charge in [-0.1, -0.05) is 13.0 Å². The van der Waals surface area contributed by atoms with E-state index >= 15 is 0 Å². The molecule has 0 saturated heterocycles. The van der Waals surface area contributed by atoms with Gasteiger partial charge in [0.2, 0.25) is 5.88 Å². The average Bonchev–Trinajstić information content (AvgIpc) is 3.41. The Hall–Kier alpha value is -3.06. The van der Waals surface area contributed by atoms with E-state index in [-0.39, 0.29) is 5.56 Å². The van der Waals surface area contributed by atoms with Gasteiger partial charge in [-0.3, -0.25) is 9.78 Å². The van der Waals surface area contributed by atoms with Gasteiger partial charge in [-0.05, 0) is 43.0 Å². The highest BCUT2D eigenvalue weighted by Crippen LogP contribution is 2.53. The number of hydrogen-bond acceptors (Lipinski definition) is 6. The molecule has 3 aromatic heterocycles. The topological polar surface area (TPSA) is 79.1 Å². The quantitative estimate of drug-likeness (QED) is 0.556. The highest BCUT2D eigenvalue weighted by Gasteiger charge is 2.49. The molecule has 162 valence electrons. The first-order valence-electron chi connectivity index (χ1n) is 10.6. The maximum Gasteiger partial charge on any atom is 0.251 e. The Bertz CT molecular complexity index is 1110. The van der Waals surface area contributed by atoms with Crippen LogP contribution in [0.2, 0.25) is 0 Å². The van der Waals surface area contributed by atoms with Crippen LogP contribution in [0.15, 0.2) is 47.7 Å². The van der Waals surface area contributed by atoms with Crippen molar-refractivity contribution in [1.82, 2.24) is 19.5 Å². The number of rotatable bonds is 8. The zero-order valence-electron chi connectivity index (χ0n) is 18.4. The molecule has 31 heavy (non-hydrogen) atoms. The van der Waals surface area contributed by atoms with E-state index in [2.05, 4.69) is 34.0 Å². The summed E-state index contributed by atoms with van der Waals surface area (Å²) in [7, 11) is 1.62. The summed E-state index contributed by atoms with van der Waals surface area (Å²) in [6.07, 6.45) is 5.41. The van der Waals surface area contributed by atoms with Crippen LogP contribution in [0.1, 0.15) is 29.9 Å². The summed E-state index contributed by atoms with van der Waals surface area (Å²) in [6.45, 7) is 7.65. The van der Waals surface area contributed by atoms with Crippen molar-refractivity contribution < 1.29 is 9.47 Å². The maximum atomic E-state index is 12.5. The Labute approximate surface area is 182 Å². The van der Waals surface area contributed by atoms with Gasteiger partial charge in [-0.15, -0.1) is 0 Å². The number of methoxy groups -OCH3 is 1. The first-order chi connectivity index (χ1) is 15.0. The van der Waals surface area contributed by atoms with Crippen molar-refractivity contribution in [2.24, 2.45) is 11.8 Å². The van der Waals surface area contributed by atoms with E-state index in [9.17, 15) is 4.79 Å². The van der Waals surface area contributed by atoms with Crippen LogP contribution in [0.5, 0.6) is 5.88 Å². The molecule has 3 atom stereocenters. The lowest BCUT2D eigenvalue weighted by Gasteiger charge is -2.12. The number of ether oxygens (including phenoxy) is 2. The van der Waals surface area contributed by atoms with Crippen molar-refractivity contribution in [3.63, 3.8) is 0 Å². The molecule has 0 N–H and O–H groups in total. The summed E-state index contributed by atoms with van der Waals surface area (Å²) in [5, 5.41) is 0. The summed E-state index contributed by atoms with van der Waals surface area (Å²) in [5.74, 6) is 2.44. The third kappa shape index (κ3) is 4.66. The fraction of sp³-hybridized carbons (Fsp3) is 0.417. The van der Waals surface area contributed by atoms with Gasteiger partial charge in [0.05, 0.1) is 18.8 Å². The molecule has 1 saturated carbocycles. The number of aryl methyl sites for hydroxylation is 2. The van der Waals surface area contributed by atoms with Gasteiger partial charge in [0.25, 0.3) is 5.56 Å². The molecule has 0 radical (unpaired) electrons. The second-order valence-electron chi connectivity index (χ2n) is 8.20. The van der Waals surface area contributed by atoms with Gasteiger partial charge in [0.1, 0.15) is 5.82 Å². The summed E-state index contributed by atoms with van der Waals surface area (Å²) in [4.78, 5) is 25.9. The van der Waals surface area contributed by atoms with E-state index in [0.717, 1.165) is 22.4 Å². The molecule has 7 nitrogen and oxygen atoms in total. The smallest absolute Gasteiger partial charge is 0.251 e. The zero-order chi connectivity index (χ0) is 22.0. The van der Waals surface area contributed by atoms with Crippen LogP contribution >= 0.6 is 0 Å². The standard InChI is InChI=1S/C24H28N4O3/c1-15-5-6-21(26-12-15)23-16(2)20(23)14-31-24-19(13-25-17(3)27-24)18-7-8-28(9-10-30-4)22(29)11-18/h5-8,11-13,16,20,23H,9-10,14H2,1-4H3. The molecule has 3 heterocycles. The highest BCUT2D eigenvalue weighted by atomic mass is 16.5. The molecule has 7 heteroatoms. The third-order valence-electron chi connectivity index (χ3n) is 5.97. The van der Waals surface area contributed by atoms with E-state index in [1.54, 1.807) is 30.1 Å². The molecule has 0 bridgehead atoms. The minimum atomic E-state index is -0.0950. The SMILES string of the molecule is COCCn1ccc(-c2cnc(C)nc2OCC2C(C)C2c2ccc(C)cn2)cc1=O. The molecule has 3 aromatic rings. The van der Waals surface area contributed by atoms with Crippen molar-refractivity contribution >= 4 is 0 Å². The van der Waals surface area contributed by atoms with Crippen LogP contribution in [0, 0.1) is 25.7 Å². The molecular weight excluding hydrogens is 392 g/mol. The van der Waals surface area contributed by atoms with Crippen LogP contribution < -0.4 is 10.3 Å². The summed E-state index contributed by atoms with van der Waals surface area (Å²) in [5.41, 5.74) is 3.65. The molecular formula is C24H28N4O3. The van der Waals surface area contributed by atoms with Crippen molar-refractivity contribution in [1.29, 1.82) is 0 Å². The largest absolute Gasteiger partial charge is 0.477 e. The second-order valence-corrected chi connectivity index (χ2v) is 8.20. The average molecular weight is 421 g/mol. The first-order valence-corrected chi connectivity index (χ1v) is 10.6. The number of aromatic nitrogens is 4. The zero-order valence-corrected chi connectivity index (χ0v) is 18.4. The van der Waals surface area contributed by atoms with Crippen molar-refractivity contribution in [2.75, 3.05) is 20.3 Å². The molecule has 0 spiro atoms. The van der Waals surface area contributed by atoms with Gasteiger partial charge in [-0.2, -0.15) is 4.98 Å². The minimum Gasteiger partial charge on any atom is -0.477 e. The van der Waals surface area contributed by atoms with Gasteiger partial charge in [0, 0.05) is 55.8 Å². The summed E-state index contributed by atoms with van der Waals surface area (Å²) >= 11 is 0. The fourth-order valence-electron chi connectivity index (χ4n) is 3.95. The first kappa shape index (κ1) is 21.2. The molecule has 0 aromatic carbocycles. The van der Waals surface area contributed by atoms with Gasteiger partial charge < -0.3 is 14.0 Å². The van der Waals surface area contributed by atoms with Crippen molar-refractivity contribution in [3.05, 3.63) is 70.3 Å². The van der Waals surface area contributed by atoms with E-state index < -0.39 is 0 Å². The molecule has 0 amide bonds. The monoisotopic (exact) mass is 420 g/mol. The predicted octanol–water partition coefficient (Wildman–Crippen LogP) is 3.39. The Balaban J connectivity index is 1.51. The lowest BCUT2D eigenvalue weighted by atomic mass is 10.1. The van der Waals surface area contributed by atoms with Gasteiger partial charge >= 0.3 is 0 Å². The third-order valence-corrected chi connectivity index (χ3v) is 5.97. The predicted molar refractivity (Wildman–Crippen MR) is 118 cm³/mol. The van der Waals surface area contributed by atoms with Crippen molar-refractivity contribution in [3.8, 4) is 17.0 Å². The number of hydrogen-bond donors (Lipinski definition) is 0. The molecule has 1 aliphatic carbocycles. The highest BCUT2D eigenvalue weighted by molar-refractivity contribution is 5.67. The minimum absolute atomic E-state index is 0.0950. The molecule has 3 unspecified atom stereocenters. The normalized spacial score (nSPS) is 19.9. The Morgan fingerprint density at radius 2 is 1.97 bits per heavy atom. The van der Waals surface area contributed by atoms with Crippen LogP contribution in [-0.2, 0) is 11.3 Å². The second kappa shape index (κ2) is 8.98. The van der Waals surface area contributed by atoms with Gasteiger partial charge in [0.15, 0.2) is 0 Å². The number of nitrogens with zero attached hydrogens (tertiary/aromatic N) is 4. The maximum absolute atomic E-state index is 12.5. The fourth-order valence-corrected chi connectivity index (χ4v) is 3.95. The van der Waals surface area contributed by atoms with Crippen LogP contribution in [0.25, 0.3) is 11.1 Å². The number of pyridine rings is 2. The lowest BCUT2D eigenvalue weighted by Crippen LogP contribution is -2.20. The Kier molecular flexibility index (Phi) is 6.13. The van der Waals surface area contributed by atoms with Crippen molar-refractivity contribution in [2.45, 2.75) is 33.2 Å². The van der Waals surface area contributed by atoms with E-state index in [4.69, 9.17) is 9.47 Å². The molecule has 1 fully saturated rings. The Morgan fingerprint density at radius 1 is 1.13 bits per heavy atom. The molecule has 1 aliphatic rings. The summed E-state index contributed by atoms with van der Waals surface area (Å²) < 4.78 is 12.8.